The van der Waals surface area contributed by atoms with Gasteiger partial charge in [0.2, 0.25) is 0 Å². The highest BCUT2D eigenvalue weighted by Crippen LogP contribution is 2.12. The average Bonchev–Trinajstić information content (AvgIpc) is 2.63. The van der Waals surface area contributed by atoms with Crippen molar-refractivity contribution in [2.75, 3.05) is 26.4 Å². The second kappa shape index (κ2) is 9.74. The van der Waals surface area contributed by atoms with E-state index >= 15 is 0 Å². The molecular formula is C20H28O3Si. The van der Waals surface area contributed by atoms with E-state index in [2.05, 4.69) is 38.1 Å². The van der Waals surface area contributed by atoms with Crippen LogP contribution >= 0.6 is 0 Å². The van der Waals surface area contributed by atoms with Crippen molar-refractivity contribution in [3.05, 3.63) is 60.7 Å². The second-order valence-electron chi connectivity index (χ2n) is 6.10. The standard InChI is InChI=1S/C20H28O3Si/c1-4-21-15-16-22-24(23-17-18(2)3,19-11-7-5-8-12-19)20-13-9-6-10-14-20/h5-14,18H,4,15-17H2,1-3H3. The summed E-state index contributed by atoms with van der Waals surface area (Å²) in [5.74, 6) is 0.444. The number of rotatable bonds is 10. The van der Waals surface area contributed by atoms with E-state index < -0.39 is 8.56 Å². The lowest BCUT2D eigenvalue weighted by Crippen LogP contribution is -2.64. The Morgan fingerprint density at radius 1 is 0.792 bits per heavy atom. The van der Waals surface area contributed by atoms with Crippen LogP contribution in [0.5, 0.6) is 0 Å². The van der Waals surface area contributed by atoms with Crippen LogP contribution in [0.3, 0.4) is 0 Å². The minimum atomic E-state index is -2.74. The lowest BCUT2D eigenvalue weighted by Gasteiger charge is -2.32. The van der Waals surface area contributed by atoms with Crippen molar-refractivity contribution in [1.29, 1.82) is 0 Å². The van der Waals surface area contributed by atoms with Crippen molar-refractivity contribution < 1.29 is 13.6 Å². The molecule has 130 valence electrons. The smallest absolute Gasteiger partial charge is 0.387 e. The second-order valence-corrected chi connectivity index (χ2v) is 9.06. The predicted molar refractivity (Wildman–Crippen MR) is 101 cm³/mol. The molecular weight excluding hydrogens is 316 g/mol. The first-order valence-corrected chi connectivity index (χ1v) is 10.5. The molecule has 0 unspecified atom stereocenters. The molecule has 0 saturated carbocycles. The van der Waals surface area contributed by atoms with E-state index in [0.29, 0.717) is 32.3 Å². The highest BCUT2D eigenvalue weighted by Gasteiger charge is 2.42. The summed E-state index contributed by atoms with van der Waals surface area (Å²) in [6.45, 7) is 8.79. The zero-order valence-electron chi connectivity index (χ0n) is 14.9. The molecule has 0 amide bonds. The van der Waals surface area contributed by atoms with Gasteiger partial charge in [0.25, 0.3) is 0 Å². The summed E-state index contributed by atoms with van der Waals surface area (Å²) in [5, 5.41) is 2.27. The number of ether oxygens (including phenoxy) is 1. The molecule has 0 N–H and O–H groups in total. The Morgan fingerprint density at radius 2 is 1.33 bits per heavy atom. The third-order valence-electron chi connectivity index (χ3n) is 3.66. The van der Waals surface area contributed by atoms with Gasteiger partial charge in [-0.25, -0.2) is 0 Å². The maximum atomic E-state index is 6.50. The van der Waals surface area contributed by atoms with Gasteiger partial charge in [0.15, 0.2) is 0 Å². The lowest BCUT2D eigenvalue weighted by molar-refractivity contribution is 0.0896. The summed E-state index contributed by atoms with van der Waals surface area (Å²) in [4.78, 5) is 0. The molecule has 0 atom stereocenters. The van der Waals surface area contributed by atoms with Crippen LogP contribution in [0.1, 0.15) is 20.8 Å². The highest BCUT2D eigenvalue weighted by atomic mass is 28.4. The number of hydrogen-bond donors (Lipinski definition) is 0. The molecule has 0 fully saturated rings. The van der Waals surface area contributed by atoms with Crippen molar-refractivity contribution in [3.63, 3.8) is 0 Å². The SMILES string of the molecule is CCOCCO[Si](OCC(C)C)(c1ccccc1)c1ccccc1. The summed E-state index contributed by atoms with van der Waals surface area (Å²) < 4.78 is 18.4. The molecule has 0 radical (unpaired) electrons. The Hall–Kier alpha value is -1.46. The van der Waals surface area contributed by atoms with Crippen LogP contribution < -0.4 is 10.4 Å². The minimum Gasteiger partial charge on any atom is -0.387 e. The van der Waals surface area contributed by atoms with E-state index in [0.717, 1.165) is 10.4 Å². The van der Waals surface area contributed by atoms with Crippen LogP contribution in [0.15, 0.2) is 60.7 Å². The van der Waals surface area contributed by atoms with Crippen LogP contribution in [0.4, 0.5) is 0 Å². The molecule has 0 aliphatic heterocycles. The quantitative estimate of drug-likeness (QED) is 0.490. The van der Waals surface area contributed by atoms with Crippen LogP contribution in [-0.2, 0) is 13.6 Å². The zero-order valence-corrected chi connectivity index (χ0v) is 15.9. The molecule has 0 aromatic heterocycles. The Morgan fingerprint density at radius 3 is 1.79 bits per heavy atom. The van der Waals surface area contributed by atoms with Crippen molar-refractivity contribution in [2.45, 2.75) is 20.8 Å². The Balaban J connectivity index is 2.38. The van der Waals surface area contributed by atoms with E-state index in [4.69, 9.17) is 13.6 Å². The first kappa shape index (κ1) is 18.9. The maximum absolute atomic E-state index is 6.50. The predicted octanol–water partition coefficient (Wildman–Crippen LogP) is 2.97. The fraction of sp³-hybridized carbons (Fsp3) is 0.400. The van der Waals surface area contributed by atoms with Gasteiger partial charge in [-0.3, -0.25) is 0 Å². The number of benzene rings is 2. The Bertz CT molecular complexity index is 532. The monoisotopic (exact) mass is 344 g/mol. The summed E-state index contributed by atoms with van der Waals surface area (Å²) in [7, 11) is -2.74. The van der Waals surface area contributed by atoms with Gasteiger partial charge in [0.05, 0.1) is 13.2 Å². The average molecular weight is 345 g/mol. The van der Waals surface area contributed by atoms with E-state index in [1.165, 1.54) is 0 Å². The van der Waals surface area contributed by atoms with Crippen LogP contribution in [-0.4, -0.2) is 35.0 Å². The van der Waals surface area contributed by atoms with Crippen molar-refractivity contribution in [3.8, 4) is 0 Å². The molecule has 3 nitrogen and oxygen atoms in total. The minimum absolute atomic E-state index is 0.444. The van der Waals surface area contributed by atoms with E-state index in [1.54, 1.807) is 0 Å². The van der Waals surface area contributed by atoms with E-state index in [1.807, 2.05) is 43.3 Å². The Labute approximate surface area is 146 Å². The van der Waals surface area contributed by atoms with Gasteiger partial charge >= 0.3 is 8.56 Å². The summed E-state index contributed by atoms with van der Waals surface area (Å²) in [6, 6.07) is 20.7. The summed E-state index contributed by atoms with van der Waals surface area (Å²) >= 11 is 0. The van der Waals surface area contributed by atoms with Crippen LogP contribution in [0, 0.1) is 5.92 Å². The normalized spacial score (nSPS) is 11.8. The third kappa shape index (κ3) is 5.01. The fourth-order valence-electron chi connectivity index (χ4n) is 2.53. The molecule has 4 heteroatoms. The van der Waals surface area contributed by atoms with Crippen molar-refractivity contribution in [2.24, 2.45) is 5.92 Å². The molecule has 2 aromatic rings. The Kier molecular flexibility index (Phi) is 7.66. The zero-order chi connectivity index (χ0) is 17.3. The highest BCUT2D eigenvalue weighted by molar-refractivity contribution is 6.92. The topological polar surface area (TPSA) is 27.7 Å². The molecule has 0 aliphatic carbocycles. The van der Waals surface area contributed by atoms with Crippen molar-refractivity contribution >= 4 is 18.9 Å². The molecule has 0 aliphatic rings. The molecule has 2 rings (SSSR count). The first-order chi connectivity index (χ1) is 11.7. The van der Waals surface area contributed by atoms with Crippen LogP contribution in [0.25, 0.3) is 0 Å². The molecule has 2 aromatic carbocycles. The molecule has 0 bridgehead atoms. The third-order valence-corrected chi connectivity index (χ3v) is 7.04. The molecule has 0 heterocycles. The van der Waals surface area contributed by atoms with Gasteiger partial charge in [-0.15, -0.1) is 0 Å². The lowest BCUT2D eigenvalue weighted by atomic mass is 10.2. The molecule has 0 spiro atoms. The maximum Gasteiger partial charge on any atom is 0.407 e. The number of hydrogen-bond acceptors (Lipinski definition) is 3. The van der Waals surface area contributed by atoms with Gasteiger partial charge in [-0.2, -0.15) is 0 Å². The van der Waals surface area contributed by atoms with Gasteiger partial charge in [-0.05, 0) is 23.2 Å². The largest absolute Gasteiger partial charge is 0.407 e. The van der Waals surface area contributed by atoms with Gasteiger partial charge in [0, 0.05) is 13.2 Å². The molecule has 24 heavy (non-hydrogen) atoms. The van der Waals surface area contributed by atoms with Gasteiger partial charge < -0.3 is 13.6 Å². The van der Waals surface area contributed by atoms with Crippen LogP contribution in [0.2, 0.25) is 0 Å². The fourth-order valence-corrected chi connectivity index (χ4v) is 5.81. The first-order valence-electron chi connectivity index (χ1n) is 8.65. The van der Waals surface area contributed by atoms with Gasteiger partial charge in [0.1, 0.15) is 0 Å². The van der Waals surface area contributed by atoms with E-state index in [-0.39, 0.29) is 0 Å². The molecule has 0 saturated heterocycles. The van der Waals surface area contributed by atoms with E-state index in [9.17, 15) is 0 Å². The summed E-state index contributed by atoms with van der Waals surface area (Å²) in [6.07, 6.45) is 0. The van der Waals surface area contributed by atoms with Crippen molar-refractivity contribution in [1.82, 2.24) is 0 Å². The summed E-state index contributed by atoms with van der Waals surface area (Å²) in [5.41, 5.74) is 0. The van der Waals surface area contributed by atoms with Gasteiger partial charge in [-0.1, -0.05) is 74.5 Å².